The van der Waals surface area contributed by atoms with Gasteiger partial charge in [0.1, 0.15) is 10.7 Å². The highest BCUT2D eigenvalue weighted by Gasteiger charge is 2.37. The van der Waals surface area contributed by atoms with Crippen molar-refractivity contribution in [1.82, 2.24) is 20.2 Å². The molecule has 1 atom stereocenters. The molecule has 3 aromatic rings. The van der Waals surface area contributed by atoms with Crippen molar-refractivity contribution < 1.29 is 14.0 Å². The van der Waals surface area contributed by atoms with Gasteiger partial charge in [-0.1, -0.05) is 23.5 Å². The number of aryl methyl sites for hydroxylation is 1. The molecule has 156 valence electrons. The fourth-order valence-corrected chi connectivity index (χ4v) is 4.92. The van der Waals surface area contributed by atoms with Crippen LogP contribution in [0.5, 0.6) is 0 Å². The summed E-state index contributed by atoms with van der Waals surface area (Å²) in [4.78, 5) is 38.9. The molecule has 0 saturated carbocycles. The molecule has 0 radical (unpaired) electrons. The van der Waals surface area contributed by atoms with Crippen LogP contribution in [0, 0.1) is 12.7 Å². The molecule has 1 aliphatic heterocycles. The number of thiazole rings is 2. The van der Waals surface area contributed by atoms with E-state index in [4.69, 9.17) is 0 Å². The number of nitrogens with one attached hydrogen (secondary N) is 1. The van der Waals surface area contributed by atoms with Gasteiger partial charge in [-0.2, -0.15) is 0 Å². The molecule has 30 heavy (non-hydrogen) atoms. The Morgan fingerprint density at radius 2 is 2.10 bits per heavy atom. The van der Waals surface area contributed by atoms with Crippen molar-refractivity contribution in [2.75, 3.05) is 11.4 Å². The number of hydrogen-bond donors (Lipinski definition) is 1. The third-order valence-corrected chi connectivity index (χ3v) is 6.73. The average Bonchev–Trinajstić information content (AvgIpc) is 3.42. The SMILES string of the molecule is Cc1nc(N2C(=O)N(Cc3ccc(F)cc3)C[C@H]2C)sc1C(=O)NCc1cncs1. The lowest BCUT2D eigenvalue weighted by Gasteiger charge is -2.17. The van der Waals surface area contributed by atoms with Crippen molar-refractivity contribution in [3.05, 3.63) is 62.8 Å². The smallest absolute Gasteiger partial charge is 0.326 e. The molecule has 0 unspecified atom stereocenters. The van der Waals surface area contributed by atoms with Gasteiger partial charge in [-0.05, 0) is 31.5 Å². The van der Waals surface area contributed by atoms with E-state index < -0.39 is 0 Å². The molecule has 10 heteroatoms. The van der Waals surface area contributed by atoms with Crippen LogP contribution < -0.4 is 10.2 Å². The topological polar surface area (TPSA) is 78.4 Å². The number of benzene rings is 1. The first kappa shape index (κ1) is 20.4. The Labute approximate surface area is 181 Å². The zero-order valence-electron chi connectivity index (χ0n) is 16.5. The van der Waals surface area contributed by atoms with Gasteiger partial charge >= 0.3 is 6.03 Å². The molecule has 1 aromatic carbocycles. The number of anilines is 1. The predicted molar refractivity (Wildman–Crippen MR) is 114 cm³/mol. The van der Waals surface area contributed by atoms with E-state index in [2.05, 4.69) is 15.3 Å². The summed E-state index contributed by atoms with van der Waals surface area (Å²) in [5.74, 6) is -0.520. The second-order valence-corrected chi connectivity index (χ2v) is 9.02. The van der Waals surface area contributed by atoms with Gasteiger partial charge in [0.25, 0.3) is 5.91 Å². The zero-order valence-corrected chi connectivity index (χ0v) is 18.1. The standard InChI is InChI=1S/C20H20FN5O2S2/c1-12-9-25(10-14-3-5-15(21)6-4-14)20(28)26(12)19-24-13(2)17(30-19)18(27)23-8-16-7-22-11-29-16/h3-7,11-12H,8-10H2,1-2H3,(H,23,27)/t12-/m1/s1. The summed E-state index contributed by atoms with van der Waals surface area (Å²) in [6.45, 7) is 5.04. The van der Waals surface area contributed by atoms with E-state index in [9.17, 15) is 14.0 Å². The number of rotatable bonds is 6. The summed E-state index contributed by atoms with van der Waals surface area (Å²) in [5.41, 5.74) is 3.17. The fraction of sp³-hybridized carbons (Fsp3) is 0.300. The molecular weight excluding hydrogens is 425 g/mol. The summed E-state index contributed by atoms with van der Waals surface area (Å²) in [6.07, 6.45) is 1.72. The highest BCUT2D eigenvalue weighted by atomic mass is 32.1. The summed E-state index contributed by atoms with van der Waals surface area (Å²) >= 11 is 2.69. The van der Waals surface area contributed by atoms with Gasteiger partial charge in [-0.15, -0.1) is 11.3 Å². The predicted octanol–water partition coefficient (Wildman–Crippen LogP) is 3.81. The van der Waals surface area contributed by atoms with E-state index in [1.165, 1.54) is 34.8 Å². The Hall–Kier alpha value is -2.85. The third kappa shape index (κ3) is 4.19. The number of nitrogens with zero attached hydrogens (tertiary/aromatic N) is 4. The van der Waals surface area contributed by atoms with E-state index in [1.54, 1.807) is 40.6 Å². The van der Waals surface area contributed by atoms with Gasteiger partial charge in [0.2, 0.25) is 0 Å². The number of carbonyl (C=O) groups is 2. The summed E-state index contributed by atoms with van der Waals surface area (Å²) in [7, 11) is 0. The van der Waals surface area contributed by atoms with Gasteiger partial charge in [0.15, 0.2) is 5.13 Å². The molecule has 3 heterocycles. The molecule has 1 saturated heterocycles. The Bertz CT molecular complexity index is 1050. The lowest BCUT2D eigenvalue weighted by atomic mass is 10.2. The molecule has 0 bridgehead atoms. The molecule has 1 aliphatic rings. The number of urea groups is 1. The minimum Gasteiger partial charge on any atom is -0.346 e. The van der Waals surface area contributed by atoms with Crippen molar-refractivity contribution >= 4 is 39.7 Å². The van der Waals surface area contributed by atoms with Crippen LogP contribution in [0.2, 0.25) is 0 Å². The van der Waals surface area contributed by atoms with Crippen LogP contribution in [-0.4, -0.2) is 39.4 Å². The quantitative estimate of drug-likeness (QED) is 0.626. The van der Waals surface area contributed by atoms with E-state index in [0.29, 0.717) is 35.3 Å². The Balaban J connectivity index is 1.46. The van der Waals surface area contributed by atoms with Crippen LogP contribution in [0.25, 0.3) is 0 Å². The molecule has 7 nitrogen and oxygen atoms in total. The van der Waals surface area contributed by atoms with Crippen LogP contribution in [0.4, 0.5) is 14.3 Å². The molecule has 1 fully saturated rings. The summed E-state index contributed by atoms with van der Waals surface area (Å²) < 4.78 is 13.1. The van der Waals surface area contributed by atoms with Crippen molar-refractivity contribution in [1.29, 1.82) is 0 Å². The average molecular weight is 446 g/mol. The highest BCUT2D eigenvalue weighted by Crippen LogP contribution is 2.32. The maximum atomic E-state index is 13.1. The van der Waals surface area contributed by atoms with Gasteiger partial charge in [0.05, 0.1) is 23.8 Å². The Morgan fingerprint density at radius 1 is 1.33 bits per heavy atom. The van der Waals surface area contributed by atoms with Crippen molar-refractivity contribution in [3.63, 3.8) is 0 Å². The van der Waals surface area contributed by atoms with Crippen molar-refractivity contribution in [3.8, 4) is 0 Å². The lowest BCUT2D eigenvalue weighted by molar-refractivity contribution is 0.0954. The molecule has 3 amide bonds. The molecule has 0 aliphatic carbocycles. The number of carbonyl (C=O) groups excluding carboxylic acids is 2. The van der Waals surface area contributed by atoms with Gasteiger partial charge in [-0.25, -0.2) is 14.2 Å². The molecule has 1 N–H and O–H groups in total. The second-order valence-electron chi connectivity index (χ2n) is 7.07. The number of hydrogen-bond acceptors (Lipinski definition) is 6. The van der Waals surface area contributed by atoms with Crippen LogP contribution in [-0.2, 0) is 13.1 Å². The minimum atomic E-state index is -0.305. The third-order valence-electron chi connectivity index (χ3n) is 4.79. The molecule has 0 spiro atoms. The van der Waals surface area contributed by atoms with Crippen LogP contribution in [0.1, 0.15) is 32.7 Å². The fourth-order valence-electron chi connectivity index (χ4n) is 3.31. The highest BCUT2D eigenvalue weighted by molar-refractivity contribution is 7.17. The normalized spacial score (nSPS) is 16.4. The summed E-state index contributed by atoms with van der Waals surface area (Å²) in [6, 6.07) is 5.87. The molecule has 4 rings (SSSR count). The number of aromatic nitrogens is 2. The van der Waals surface area contributed by atoms with Gasteiger partial charge in [0, 0.05) is 24.2 Å². The van der Waals surface area contributed by atoms with E-state index >= 15 is 0 Å². The maximum absolute atomic E-state index is 13.1. The maximum Gasteiger partial charge on any atom is 0.326 e. The van der Waals surface area contributed by atoms with Crippen molar-refractivity contribution in [2.24, 2.45) is 0 Å². The first-order chi connectivity index (χ1) is 14.4. The van der Waals surface area contributed by atoms with E-state index in [1.807, 2.05) is 6.92 Å². The Kier molecular flexibility index (Phi) is 5.78. The van der Waals surface area contributed by atoms with Gasteiger partial charge in [-0.3, -0.25) is 14.7 Å². The first-order valence-electron chi connectivity index (χ1n) is 9.38. The second kappa shape index (κ2) is 8.49. The zero-order chi connectivity index (χ0) is 21.3. The van der Waals surface area contributed by atoms with Gasteiger partial charge < -0.3 is 10.2 Å². The number of amides is 3. The molecule has 2 aromatic heterocycles. The monoisotopic (exact) mass is 445 g/mol. The van der Waals surface area contributed by atoms with Crippen LogP contribution >= 0.6 is 22.7 Å². The first-order valence-corrected chi connectivity index (χ1v) is 11.1. The Morgan fingerprint density at radius 3 is 2.80 bits per heavy atom. The van der Waals surface area contributed by atoms with E-state index in [0.717, 1.165) is 10.4 Å². The van der Waals surface area contributed by atoms with Crippen LogP contribution in [0.3, 0.4) is 0 Å². The largest absolute Gasteiger partial charge is 0.346 e. The van der Waals surface area contributed by atoms with Crippen LogP contribution in [0.15, 0.2) is 36.0 Å². The molecular formula is C20H20FN5O2S2. The van der Waals surface area contributed by atoms with Crippen molar-refractivity contribution in [2.45, 2.75) is 33.0 Å². The number of halogens is 1. The lowest BCUT2D eigenvalue weighted by Crippen LogP contribution is -2.33. The minimum absolute atomic E-state index is 0.0865. The summed E-state index contributed by atoms with van der Waals surface area (Å²) in [5, 5.41) is 3.38. The van der Waals surface area contributed by atoms with E-state index in [-0.39, 0.29) is 23.8 Å².